The van der Waals surface area contributed by atoms with Crippen molar-refractivity contribution in [3.05, 3.63) is 65.6 Å². The van der Waals surface area contributed by atoms with E-state index in [1.54, 1.807) is 42.5 Å². The third kappa shape index (κ3) is 4.38. The largest absolute Gasteiger partial charge is 0.467 e. The van der Waals surface area contributed by atoms with E-state index < -0.39 is 0 Å². The Labute approximate surface area is 147 Å². The normalized spacial score (nSPS) is 15.1. The Bertz CT molecular complexity index is 759. The fourth-order valence-corrected chi connectivity index (χ4v) is 2.44. The maximum absolute atomic E-state index is 12.3. The van der Waals surface area contributed by atoms with Crippen molar-refractivity contribution in [3.63, 3.8) is 0 Å². The number of benzene rings is 1. The highest BCUT2D eigenvalue weighted by Gasteiger charge is 2.23. The van der Waals surface area contributed by atoms with E-state index in [0.29, 0.717) is 11.6 Å². The zero-order chi connectivity index (χ0) is 17.8. The van der Waals surface area contributed by atoms with Gasteiger partial charge in [-0.05, 0) is 55.7 Å². The van der Waals surface area contributed by atoms with E-state index in [4.69, 9.17) is 4.42 Å². The molecule has 0 aliphatic heterocycles. The quantitative estimate of drug-likeness (QED) is 0.821. The molecule has 0 saturated heterocycles. The number of carbonyl (C=O) groups excluding carboxylic acids is 2. The summed E-state index contributed by atoms with van der Waals surface area (Å²) in [5.74, 6) is 0.593. The van der Waals surface area contributed by atoms with Gasteiger partial charge in [-0.2, -0.15) is 0 Å². The van der Waals surface area contributed by atoms with E-state index >= 15 is 0 Å². The third-order valence-electron chi connectivity index (χ3n) is 4.39. The van der Waals surface area contributed by atoms with Gasteiger partial charge in [0.05, 0.1) is 12.3 Å². The van der Waals surface area contributed by atoms with Crippen LogP contribution in [-0.4, -0.2) is 29.8 Å². The molecule has 1 atom stereocenters. The molecule has 0 spiro atoms. The Morgan fingerprint density at radius 3 is 2.56 bits per heavy atom. The molecule has 0 radical (unpaired) electrons. The summed E-state index contributed by atoms with van der Waals surface area (Å²) in [6.07, 6.45) is 7.01. The number of furan rings is 1. The molecule has 2 aromatic rings. The summed E-state index contributed by atoms with van der Waals surface area (Å²) >= 11 is 0. The molecule has 3 rings (SSSR count). The topological polar surface area (TPSA) is 62.6 Å². The molecule has 5 heteroatoms. The Hall–Kier alpha value is -2.82. The molecular formula is C20H22N2O3. The lowest BCUT2D eigenvalue weighted by Crippen LogP contribution is -2.27. The fraction of sp³-hybridized carbons (Fsp3) is 0.300. The molecule has 1 unspecified atom stereocenters. The van der Waals surface area contributed by atoms with Crippen LogP contribution in [0.3, 0.4) is 0 Å². The van der Waals surface area contributed by atoms with Gasteiger partial charge < -0.3 is 14.6 Å². The second kappa shape index (κ2) is 7.38. The summed E-state index contributed by atoms with van der Waals surface area (Å²) in [5.41, 5.74) is 1.51. The van der Waals surface area contributed by atoms with Crippen molar-refractivity contribution in [2.45, 2.75) is 31.8 Å². The number of rotatable bonds is 6. The molecule has 2 amide bonds. The van der Waals surface area contributed by atoms with Crippen LogP contribution in [0.15, 0.2) is 53.2 Å². The van der Waals surface area contributed by atoms with E-state index in [1.165, 1.54) is 6.08 Å². The summed E-state index contributed by atoms with van der Waals surface area (Å²) in [6.45, 7) is 1.91. The predicted molar refractivity (Wildman–Crippen MR) is 95.9 cm³/mol. The van der Waals surface area contributed by atoms with Crippen LogP contribution >= 0.6 is 0 Å². The number of nitrogens with one attached hydrogen (secondary N) is 1. The van der Waals surface area contributed by atoms with Crippen LogP contribution in [-0.2, 0) is 4.79 Å². The van der Waals surface area contributed by atoms with Gasteiger partial charge in [-0.1, -0.05) is 12.1 Å². The van der Waals surface area contributed by atoms with Gasteiger partial charge >= 0.3 is 0 Å². The molecule has 1 fully saturated rings. The van der Waals surface area contributed by atoms with Gasteiger partial charge in [0.15, 0.2) is 0 Å². The zero-order valence-corrected chi connectivity index (χ0v) is 14.4. The minimum absolute atomic E-state index is 0.0406. The van der Waals surface area contributed by atoms with Gasteiger partial charge in [-0.25, -0.2) is 0 Å². The van der Waals surface area contributed by atoms with Crippen LogP contribution in [0.4, 0.5) is 0 Å². The minimum atomic E-state index is -0.138. The Kier molecular flexibility index (Phi) is 5.03. The first-order valence-electron chi connectivity index (χ1n) is 8.44. The summed E-state index contributed by atoms with van der Waals surface area (Å²) in [6, 6.07) is 11.1. The molecule has 1 saturated carbocycles. The van der Waals surface area contributed by atoms with E-state index in [9.17, 15) is 9.59 Å². The number of likely N-dealkylation sites (N-methyl/N-ethyl adjacent to an activating group) is 1. The number of hydrogen-bond donors (Lipinski definition) is 1. The second-order valence-corrected chi connectivity index (χ2v) is 6.34. The molecule has 1 heterocycles. The van der Waals surface area contributed by atoms with Crippen molar-refractivity contribution in [1.82, 2.24) is 10.2 Å². The molecule has 1 aliphatic carbocycles. The van der Waals surface area contributed by atoms with Crippen molar-refractivity contribution in [2.75, 3.05) is 7.05 Å². The van der Waals surface area contributed by atoms with Gasteiger partial charge in [0.1, 0.15) is 5.76 Å². The summed E-state index contributed by atoms with van der Waals surface area (Å²) in [5, 5.41) is 2.95. The highest BCUT2D eigenvalue weighted by molar-refractivity contribution is 5.95. The summed E-state index contributed by atoms with van der Waals surface area (Å²) < 4.78 is 5.34. The van der Waals surface area contributed by atoms with Crippen LogP contribution < -0.4 is 5.32 Å². The first kappa shape index (κ1) is 17.0. The number of hydrogen-bond acceptors (Lipinski definition) is 3. The van der Waals surface area contributed by atoms with Crippen LogP contribution in [0.2, 0.25) is 0 Å². The molecule has 5 nitrogen and oxygen atoms in total. The van der Waals surface area contributed by atoms with E-state index in [0.717, 1.165) is 24.2 Å². The highest BCUT2D eigenvalue weighted by Crippen LogP contribution is 2.20. The number of nitrogens with zero attached hydrogens (tertiary/aromatic N) is 1. The maximum Gasteiger partial charge on any atom is 0.251 e. The zero-order valence-electron chi connectivity index (χ0n) is 14.4. The van der Waals surface area contributed by atoms with Gasteiger partial charge in [-0.3, -0.25) is 9.59 Å². The summed E-state index contributed by atoms with van der Waals surface area (Å²) in [7, 11) is 1.74. The molecule has 25 heavy (non-hydrogen) atoms. The lowest BCUT2D eigenvalue weighted by atomic mass is 10.1. The predicted octanol–water partition coefficient (Wildman–Crippen LogP) is 3.40. The number of carbonyl (C=O) groups is 2. The average Bonchev–Trinajstić information content (AvgIpc) is 3.27. The molecule has 1 aromatic heterocycles. The van der Waals surface area contributed by atoms with Crippen molar-refractivity contribution >= 4 is 17.9 Å². The Morgan fingerprint density at radius 2 is 1.96 bits per heavy atom. The van der Waals surface area contributed by atoms with E-state index in [2.05, 4.69) is 5.32 Å². The average molecular weight is 338 g/mol. The third-order valence-corrected chi connectivity index (χ3v) is 4.39. The minimum Gasteiger partial charge on any atom is -0.467 e. The van der Waals surface area contributed by atoms with Crippen LogP contribution in [0, 0.1) is 0 Å². The Morgan fingerprint density at radius 1 is 1.24 bits per heavy atom. The monoisotopic (exact) mass is 338 g/mol. The maximum atomic E-state index is 12.3. The van der Waals surface area contributed by atoms with Crippen molar-refractivity contribution in [1.29, 1.82) is 0 Å². The molecule has 1 aliphatic rings. The number of amides is 2. The summed E-state index contributed by atoms with van der Waals surface area (Å²) in [4.78, 5) is 25.9. The van der Waals surface area contributed by atoms with Crippen LogP contribution in [0.1, 0.15) is 47.5 Å². The van der Waals surface area contributed by atoms with Crippen molar-refractivity contribution in [2.24, 2.45) is 0 Å². The smallest absolute Gasteiger partial charge is 0.251 e. The fourth-order valence-electron chi connectivity index (χ4n) is 2.44. The van der Waals surface area contributed by atoms with Crippen LogP contribution in [0.5, 0.6) is 0 Å². The first-order valence-corrected chi connectivity index (χ1v) is 8.44. The standard InChI is InChI=1S/C20H22N2O3/c1-14(18-4-3-13-25-18)22(2)19(23)12-7-15-5-8-16(9-6-15)20(24)21-17-10-11-17/h3-9,12-14,17H,10-11H2,1-2H3,(H,21,24)/b12-7+. The first-order chi connectivity index (χ1) is 12.0. The lowest BCUT2D eigenvalue weighted by Gasteiger charge is -2.21. The highest BCUT2D eigenvalue weighted by atomic mass is 16.3. The van der Waals surface area contributed by atoms with Gasteiger partial charge in [0.2, 0.25) is 5.91 Å². The molecule has 1 aromatic carbocycles. The molecule has 0 bridgehead atoms. The molecule has 1 N–H and O–H groups in total. The second-order valence-electron chi connectivity index (χ2n) is 6.34. The van der Waals surface area contributed by atoms with Gasteiger partial charge in [-0.15, -0.1) is 0 Å². The lowest BCUT2D eigenvalue weighted by molar-refractivity contribution is -0.126. The van der Waals surface area contributed by atoms with E-state index in [1.807, 2.05) is 25.1 Å². The van der Waals surface area contributed by atoms with Gasteiger partial charge in [0, 0.05) is 24.7 Å². The van der Waals surface area contributed by atoms with E-state index in [-0.39, 0.29) is 17.9 Å². The molecular weight excluding hydrogens is 316 g/mol. The van der Waals surface area contributed by atoms with Gasteiger partial charge in [0.25, 0.3) is 5.91 Å². The Balaban J connectivity index is 1.58. The SMILES string of the molecule is CC(c1ccco1)N(C)C(=O)/C=C/c1ccc(C(=O)NC2CC2)cc1. The van der Waals surface area contributed by atoms with Crippen LogP contribution in [0.25, 0.3) is 6.08 Å². The molecule has 130 valence electrons. The van der Waals surface area contributed by atoms with Crippen molar-refractivity contribution in [3.8, 4) is 0 Å². The van der Waals surface area contributed by atoms with Crippen molar-refractivity contribution < 1.29 is 14.0 Å².